The molecule has 1 amide bonds. The number of halogens is 1. The minimum Gasteiger partial charge on any atom is -0.482 e. The van der Waals surface area contributed by atoms with Crippen LogP contribution in [0.2, 0.25) is 0 Å². The Balaban J connectivity index is 1.79. The zero-order valence-electron chi connectivity index (χ0n) is 20.9. The molecule has 36 heavy (non-hydrogen) atoms. The van der Waals surface area contributed by atoms with Gasteiger partial charge in [-0.25, -0.2) is 0 Å². The van der Waals surface area contributed by atoms with Crippen molar-refractivity contribution in [2.75, 3.05) is 38.0 Å². The van der Waals surface area contributed by atoms with Crippen LogP contribution in [0.1, 0.15) is 55.6 Å². The smallest absolute Gasteiger partial charge is 0.332 e. The molecule has 0 atom stereocenters. The fourth-order valence-corrected chi connectivity index (χ4v) is 7.08. The highest BCUT2D eigenvalue weighted by Gasteiger charge is 2.51. The van der Waals surface area contributed by atoms with E-state index in [0.717, 1.165) is 31.2 Å². The predicted octanol–water partition coefficient (Wildman–Crippen LogP) is 4.75. The number of nitrogens with zero attached hydrogens (tertiary/aromatic N) is 3. The van der Waals surface area contributed by atoms with Gasteiger partial charge in [0.2, 0.25) is 5.43 Å². The number of rotatable bonds is 10. The topological polar surface area (TPSA) is 90.3 Å². The molecule has 0 unspecified atom stereocenters. The summed E-state index contributed by atoms with van der Waals surface area (Å²) in [6.45, 7) is 4.55. The summed E-state index contributed by atoms with van der Waals surface area (Å²) < 4.78 is 32.4. The molecule has 2 heterocycles. The predicted molar refractivity (Wildman–Crippen MR) is 141 cm³/mol. The average Bonchev–Trinajstić information content (AvgIpc) is 3.35. The summed E-state index contributed by atoms with van der Waals surface area (Å²) in [4.78, 5) is 28.6. The molecule has 4 rings (SSSR count). The third-order valence-corrected chi connectivity index (χ3v) is 9.46. The Morgan fingerprint density at radius 2 is 1.69 bits per heavy atom. The monoisotopic (exact) mass is 581 g/mol. The number of benzene rings is 1. The number of aromatic nitrogens is 1. The molecule has 1 aromatic carbocycles. The number of hydrogen-bond acceptors (Lipinski definition) is 7. The number of pyridine rings is 1. The highest BCUT2D eigenvalue weighted by Crippen LogP contribution is 2.49. The van der Waals surface area contributed by atoms with Crippen molar-refractivity contribution in [3.63, 3.8) is 0 Å². The van der Waals surface area contributed by atoms with Gasteiger partial charge in [-0.2, -0.15) is 0 Å². The van der Waals surface area contributed by atoms with E-state index in [4.69, 9.17) is 13.8 Å². The summed E-state index contributed by atoms with van der Waals surface area (Å²) in [7, 11) is -1.57. The van der Waals surface area contributed by atoms with Gasteiger partial charge < -0.3 is 18.7 Å². The lowest BCUT2D eigenvalue weighted by Crippen LogP contribution is -2.68. The molecule has 1 aliphatic carbocycles. The van der Waals surface area contributed by atoms with Gasteiger partial charge in [-0.15, -0.1) is 0 Å². The van der Waals surface area contributed by atoms with Crippen molar-refractivity contribution in [1.29, 1.82) is 0 Å². The summed E-state index contributed by atoms with van der Waals surface area (Å²) >= 11 is 3.38. The van der Waals surface area contributed by atoms with Gasteiger partial charge >= 0.3 is 7.60 Å². The van der Waals surface area contributed by atoms with Crippen LogP contribution in [-0.4, -0.2) is 54.1 Å². The lowest BCUT2D eigenvalue weighted by atomic mass is 10.0. The van der Waals surface area contributed by atoms with E-state index >= 15 is 0 Å². The van der Waals surface area contributed by atoms with Gasteiger partial charge in [0.25, 0.3) is 5.91 Å². The molecule has 11 heteroatoms. The minimum absolute atomic E-state index is 0.0132. The summed E-state index contributed by atoms with van der Waals surface area (Å²) in [6, 6.07) is 9.48. The Hall–Kier alpha value is -2.13. The highest BCUT2D eigenvalue weighted by atomic mass is 79.9. The van der Waals surface area contributed by atoms with Gasteiger partial charge in [-0.1, -0.05) is 30.3 Å². The minimum atomic E-state index is -3.34. The largest absolute Gasteiger partial charge is 0.482 e. The van der Waals surface area contributed by atoms with Gasteiger partial charge in [0.05, 0.1) is 23.8 Å². The molecular formula is C25H33BrN3O6P. The van der Waals surface area contributed by atoms with Crippen LogP contribution in [0.5, 0.6) is 5.75 Å². The zero-order chi connectivity index (χ0) is 25.9. The average molecular weight is 582 g/mol. The molecule has 0 bridgehead atoms. The van der Waals surface area contributed by atoms with E-state index < -0.39 is 18.7 Å². The molecule has 0 N–H and O–H groups in total. The van der Waals surface area contributed by atoms with Gasteiger partial charge in [-0.3, -0.25) is 23.8 Å². The maximum Gasteiger partial charge on any atom is 0.332 e. The van der Waals surface area contributed by atoms with E-state index in [1.54, 1.807) is 36.7 Å². The molecule has 0 radical (unpaired) electrons. The number of hydrogen-bond donors (Lipinski definition) is 0. The van der Waals surface area contributed by atoms with Crippen LogP contribution >= 0.6 is 23.5 Å². The maximum atomic E-state index is 13.8. The first-order chi connectivity index (χ1) is 17.3. The first-order valence-electron chi connectivity index (χ1n) is 12.3. The molecule has 9 nitrogen and oxygen atoms in total. The number of carbonyl (C=O) groups is 1. The summed E-state index contributed by atoms with van der Waals surface area (Å²) in [5, 5.41) is 2.03. The standard InChI is InChI=1S/C25H33BrN3O6P/c1-4-34-36(32,35-5-2)16-15-29-25(13-9-10-14-25)27(3)24(31)21-23(22(30)20(26)17-28(21)29)33-18-19-11-7-6-8-12-19/h6-8,11-12,17H,4-5,9-10,13-16,18H2,1-3H3. The lowest BCUT2D eigenvalue weighted by molar-refractivity contribution is 0.0379. The SMILES string of the molecule is CCOP(=O)(CCN1n2cc(Br)c(=O)c(OCc3ccccc3)c2C(=O)N(C)C12CCCC2)OCC. The van der Waals surface area contributed by atoms with Crippen molar-refractivity contribution in [2.24, 2.45) is 0 Å². The maximum absolute atomic E-state index is 13.8. The van der Waals surface area contributed by atoms with Crippen molar-refractivity contribution >= 4 is 29.4 Å². The quantitative estimate of drug-likeness (QED) is 0.374. The lowest BCUT2D eigenvalue weighted by Gasteiger charge is -2.53. The van der Waals surface area contributed by atoms with E-state index in [0.29, 0.717) is 6.54 Å². The van der Waals surface area contributed by atoms with Gasteiger partial charge in [0, 0.05) is 19.8 Å². The number of ether oxygens (including phenoxy) is 1. The fourth-order valence-electron chi connectivity index (χ4n) is 5.15. The van der Waals surface area contributed by atoms with Crippen LogP contribution in [0.25, 0.3) is 0 Å². The Kier molecular flexibility index (Phi) is 8.29. The van der Waals surface area contributed by atoms with E-state index in [1.807, 2.05) is 35.3 Å². The van der Waals surface area contributed by atoms with Crippen molar-refractivity contribution in [2.45, 2.75) is 51.8 Å². The molecule has 2 aromatic rings. The Labute approximate surface area is 219 Å². The van der Waals surface area contributed by atoms with E-state index in [1.165, 1.54) is 0 Å². The highest BCUT2D eigenvalue weighted by molar-refractivity contribution is 9.10. The van der Waals surface area contributed by atoms with E-state index in [2.05, 4.69) is 15.9 Å². The summed E-state index contributed by atoms with van der Waals surface area (Å²) in [5.41, 5.74) is 0.0292. The molecular weight excluding hydrogens is 549 g/mol. The van der Waals surface area contributed by atoms with Crippen molar-refractivity contribution in [3.05, 3.63) is 62.5 Å². The second-order valence-corrected chi connectivity index (χ2v) is 12.0. The Morgan fingerprint density at radius 1 is 1.06 bits per heavy atom. The van der Waals surface area contributed by atoms with E-state index in [9.17, 15) is 14.2 Å². The van der Waals surface area contributed by atoms with Crippen molar-refractivity contribution in [3.8, 4) is 5.75 Å². The number of fused-ring (bicyclic) bond motifs is 1. The van der Waals surface area contributed by atoms with Crippen LogP contribution in [0.3, 0.4) is 0 Å². The second-order valence-electron chi connectivity index (χ2n) is 8.95. The van der Waals surface area contributed by atoms with E-state index in [-0.39, 0.29) is 47.8 Å². The zero-order valence-corrected chi connectivity index (χ0v) is 23.4. The summed E-state index contributed by atoms with van der Waals surface area (Å²) in [5.74, 6) is -0.292. The van der Waals surface area contributed by atoms with Crippen molar-refractivity contribution < 1.29 is 23.1 Å². The fraction of sp³-hybridized carbons (Fsp3) is 0.520. The molecule has 1 fully saturated rings. The first kappa shape index (κ1) is 26.9. The molecule has 0 saturated heterocycles. The summed E-state index contributed by atoms with van der Waals surface area (Å²) in [6.07, 6.45) is 5.18. The van der Waals surface area contributed by atoms with Gasteiger partial charge in [0.15, 0.2) is 11.4 Å². The van der Waals surface area contributed by atoms with Crippen LogP contribution < -0.4 is 15.2 Å². The van der Waals surface area contributed by atoms with Crippen LogP contribution in [0.4, 0.5) is 0 Å². The molecule has 1 aromatic heterocycles. The van der Waals surface area contributed by atoms with Crippen LogP contribution in [0.15, 0.2) is 45.8 Å². The van der Waals surface area contributed by atoms with Crippen molar-refractivity contribution in [1.82, 2.24) is 9.58 Å². The molecule has 1 saturated carbocycles. The normalized spacial score (nSPS) is 17.1. The Bertz CT molecular complexity index is 1190. The third-order valence-electron chi connectivity index (χ3n) is 6.84. The molecule has 1 spiro atoms. The third kappa shape index (κ3) is 5.01. The second kappa shape index (κ2) is 11.1. The molecule has 2 aliphatic rings. The molecule has 196 valence electrons. The first-order valence-corrected chi connectivity index (χ1v) is 14.8. The Morgan fingerprint density at radius 3 is 2.31 bits per heavy atom. The molecule has 1 aliphatic heterocycles. The number of amides is 1. The van der Waals surface area contributed by atoms with Crippen LogP contribution in [-0.2, 0) is 20.2 Å². The van der Waals surface area contributed by atoms with Gasteiger partial charge in [-0.05, 0) is 61.0 Å². The number of carbonyl (C=O) groups excluding carboxylic acids is 1. The van der Waals surface area contributed by atoms with Crippen LogP contribution in [0, 0.1) is 0 Å². The van der Waals surface area contributed by atoms with Gasteiger partial charge in [0.1, 0.15) is 12.3 Å².